The summed E-state index contributed by atoms with van der Waals surface area (Å²) in [4.78, 5) is 28.1. The van der Waals surface area contributed by atoms with Crippen LogP contribution in [0.2, 0.25) is 0 Å². The molecule has 9 heteroatoms. The van der Waals surface area contributed by atoms with Gasteiger partial charge in [-0.05, 0) is 24.3 Å². The summed E-state index contributed by atoms with van der Waals surface area (Å²) in [7, 11) is 1.45. The van der Waals surface area contributed by atoms with E-state index in [0.717, 1.165) is 0 Å². The molecule has 1 N–H and O–H groups in total. The maximum Gasteiger partial charge on any atom is 0.266 e. The molecule has 0 bridgehead atoms. The summed E-state index contributed by atoms with van der Waals surface area (Å²) < 4.78 is 7.88. The molecule has 0 aliphatic rings. The lowest BCUT2D eigenvalue weighted by molar-refractivity contribution is 0.0948. The summed E-state index contributed by atoms with van der Waals surface area (Å²) in [5.41, 5.74) is 0.0692. The van der Waals surface area contributed by atoms with Crippen LogP contribution in [0, 0.1) is 0 Å². The predicted molar refractivity (Wildman–Crippen MR) is 88.7 cm³/mol. The van der Waals surface area contributed by atoms with Crippen LogP contribution in [0.1, 0.15) is 10.4 Å². The first kappa shape index (κ1) is 16.4. The quantitative estimate of drug-likeness (QED) is 0.690. The van der Waals surface area contributed by atoms with Crippen molar-refractivity contribution >= 4 is 5.91 Å². The minimum atomic E-state index is -0.332. The van der Waals surface area contributed by atoms with Crippen molar-refractivity contribution in [3.63, 3.8) is 0 Å². The van der Waals surface area contributed by atoms with Gasteiger partial charge in [-0.25, -0.2) is 14.3 Å². The van der Waals surface area contributed by atoms with E-state index in [1.807, 2.05) is 0 Å². The highest BCUT2D eigenvalue weighted by Gasteiger charge is 2.12. The molecule has 0 saturated heterocycles. The summed E-state index contributed by atoms with van der Waals surface area (Å²) in [5, 5.41) is 11.0. The van der Waals surface area contributed by atoms with Crippen LogP contribution in [0.3, 0.4) is 0 Å². The standard InChI is InChI=1S/C16H16N6O3/c1-25-16-12(4-2-7-18-16)15(24)17-9-11-22-14(23)6-5-13(20-22)21-10-3-8-19-21/h2-8,10H,9,11H2,1H3,(H,17,24). The second-order valence-corrected chi connectivity index (χ2v) is 5.02. The molecule has 3 heterocycles. The summed E-state index contributed by atoms with van der Waals surface area (Å²) in [6.45, 7) is 0.453. The fourth-order valence-corrected chi connectivity index (χ4v) is 2.22. The molecular formula is C16H16N6O3. The molecule has 0 fully saturated rings. The Labute approximate surface area is 142 Å². The molecule has 0 atom stereocenters. The highest BCUT2D eigenvalue weighted by molar-refractivity contribution is 5.96. The van der Waals surface area contributed by atoms with Gasteiger partial charge >= 0.3 is 0 Å². The summed E-state index contributed by atoms with van der Waals surface area (Å²) in [6, 6.07) is 8.03. The van der Waals surface area contributed by atoms with Crippen molar-refractivity contribution in [2.45, 2.75) is 6.54 Å². The number of nitrogens with zero attached hydrogens (tertiary/aromatic N) is 5. The van der Waals surface area contributed by atoms with Crippen molar-refractivity contribution in [3.05, 3.63) is 64.8 Å². The lowest BCUT2D eigenvalue weighted by Crippen LogP contribution is -2.32. The Morgan fingerprint density at radius 1 is 1.24 bits per heavy atom. The number of rotatable bonds is 6. The van der Waals surface area contributed by atoms with Crippen molar-refractivity contribution in [3.8, 4) is 11.7 Å². The normalized spacial score (nSPS) is 10.4. The number of aromatic nitrogens is 5. The van der Waals surface area contributed by atoms with E-state index in [1.165, 1.54) is 17.9 Å². The maximum atomic E-state index is 12.2. The fraction of sp³-hybridized carbons (Fsp3) is 0.188. The van der Waals surface area contributed by atoms with Crippen molar-refractivity contribution in [1.82, 2.24) is 29.9 Å². The summed E-state index contributed by atoms with van der Waals surface area (Å²) in [5.74, 6) is 0.432. The van der Waals surface area contributed by atoms with E-state index in [4.69, 9.17) is 4.74 Å². The van der Waals surface area contributed by atoms with Gasteiger partial charge in [-0.2, -0.15) is 5.10 Å². The van der Waals surface area contributed by atoms with E-state index < -0.39 is 0 Å². The van der Waals surface area contributed by atoms with Crippen LogP contribution in [-0.4, -0.2) is 44.1 Å². The second kappa shape index (κ2) is 7.39. The van der Waals surface area contributed by atoms with Crippen molar-refractivity contribution in [2.24, 2.45) is 0 Å². The van der Waals surface area contributed by atoms with E-state index >= 15 is 0 Å². The molecule has 0 radical (unpaired) electrons. The average Bonchev–Trinajstić information content (AvgIpc) is 3.17. The number of hydrogen-bond donors (Lipinski definition) is 1. The highest BCUT2D eigenvalue weighted by Crippen LogP contribution is 2.12. The van der Waals surface area contributed by atoms with Crippen LogP contribution < -0.4 is 15.6 Å². The van der Waals surface area contributed by atoms with Crippen LogP contribution in [0.15, 0.2) is 53.7 Å². The van der Waals surface area contributed by atoms with E-state index in [2.05, 4.69) is 20.5 Å². The van der Waals surface area contributed by atoms with Gasteiger partial charge in [0, 0.05) is 31.2 Å². The van der Waals surface area contributed by atoms with Crippen LogP contribution in [0.5, 0.6) is 5.88 Å². The Balaban J connectivity index is 1.67. The van der Waals surface area contributed by atoms with Crippen molar-refractivity contribution in [1.29, 1.82) is 0 Å². The molecule has 0 spiro atoms. The number of ether oxygens (including phenoxy) is 1. The van der Waals surface area contributed by atoms with Crippen molar-refractivity contribution < 1.29 is 9.53 Å². The molecule has 0 saturated carbocycles. The zero-order valence-electron chi connectivity index (χ0n) is 13.5. The highest BCUT2D eigenvalue weighted by atomic mass is 16.5. The maximum absolute atomic E-state index is 12.2. The first-order valence-corrected chi connectivity index (χ1v) is 7.54. The smallest absolute Gasteiger partial charge is 0.266 e. The zero-order valence-corrected chi connectivity index (χ0v) is 13.5. The van der Waals surface area contributed by atoms with Crippen LogP contribution in [0.25, 0.3) is 5.82 Å². The molecule has 0 unspecified atom stereocenters. The van der Waals surface area contributed by atoms with Crippen LogP contribution >= 0.6 is 0 Å². The van der Waals surface area contributed by atoms with Crippen molar-refractivity contribution in [2.75, 3.05) is 13.7 Å². The van der Waals surface area contributed by atoms with Gasteiger partial charge in [-0.3, -0.25) is 9.59 Å². The number of nitrogens with one attached hydrogen (secondary N) is 1. The van der Waals surface area contributed by atoms with Gasteiger partial charge < -0.3 is 10.1 Å². The monoisotopic (exact) mass is 340 g/mol. The largest absolute Gasteiger partial charge is 0.480 e. The molecule has 3 rings (SSSR count). The van der Waals surface area contributed by atoms with E-state index in [-0.39, 0.29) is 30.4 Å². The molecular weight excluding hydrogens is 324 g/mol. The first-order valence-electron chi connectivity index (χ1n) is 7.54. The number of pyridine rings is 1. The van der Waals surface area contributed by atoms with Gasteiger partial charge in [0.1, 0.15) is 5.56 Å². The molecule has 9 nitrogen and oxygen atoms in total. The lowest BCUT2D eigenvalue weighted by atomic mass is 10.2. The second-order valence-electron chi connectivity index (χ2n) is 5.02. The number of carbonyl (C=O) groups is 1. The topological polar surface area (TPSA) is 104 Å². The fourth-order valence-electron chi connectivity index (χ4n) is 2.22. The van der Waals surface area contributed by atoms with E-state index in [9.17, 15) is 9.59 Å². The molecule has 1 amide bonds. The third-order valence-corrected chi connectivity index (χ3v) is 3.41. The first-order chi connectivity index (χ1) is 12.2. The molecule has 0 aliphatic carbocycles. The van der Waals surface area contributed by atoms with Crippen LogP contribution in [-0.2, 0) is 6.54 Å². The summed E-state index contributed by atoms with van der Waals surface area (Å²) in [6.07, 6.45) is 4.89. The zero-order chi connectivity index (χ0) is 17.6. The minimum Gasteiger partial charge on any atom is -0.480 e. The van der Waals surface area contributed by atoms with Crippen LogP contribution in [0.4, 0.5) is 0 Å². The van der Waals surface area contributed by atoms with E-state index in [0.29, 0.717) is 11.4 Å². The molecule has 0 aromatic carbocycles. The molecule has 3 aromatic rings. The number of amides is 1. The lowest BCUT2D eigenvalue weighted by Gasteiger charge is -2.09. The van der Waals surface area contributed by atoms with E-state index in [1.54, 1.807) is 47.5 Å². The van der Waals surface area contributed by atoms with Gasteiger partial charge in [0.05, 0.1) is 13.7 Å². The van der Waals surface area contributed by atoms with Gasteiger partial charge in [0.15, 0.2) is 5.82 Å². The average molecular weight is 340 g/mol. The SMILES string of the molecule is COc1ncccc1C(=O)NCCn1nc(-n2cccn2)ccc1=O. The molecule has 25 heavy (non-hydrogen) atoms. The Morgan fingerprint density at radius 3 is 2.88 bits per heavy atom. The summed E-state index contributed by atoms with van der Waals surface area (Å²) >= 11 is 0. The Morgan fingerprint density at radius 2 is 2.12 bits per heavy atom. The Hall–Kier alpha value is -3.49. The number of hydrogen-bond acceptors (Lipinski definition) is 6. The predicted octanol–water partition coefficient (Wildman–Crippen LogP) is 0.263. The third kappa shape index (κ3) is 3.71. The van der Waals surface area contributed by atoms with Gasteiger partial charge in [-0.15, -0.1) is 5.10 Å². The number of methoxy groups -OCH3 is 1. The third-order valence-electron chi connectivity index (χ3n) is 3.41. The molecule has 3 aromatic heterocycles. The van der Waals surface area contributed by atoms with Gasteiger partial charge in [0.25, 0.3) is 11.5 Å². The Kier molecular flexibility index (Phi) is 4.84. The van der Waals surface area contributed by atoms with Gasteiger partial charge in [0.2, 0.25) is 5.88 Å². The van der Waals surface area contributed by atoms with Gasteiger partial charge in [-0.1, -0.05) is 0 Å². The molecule has 0 aliphatic heterocycles. The Bertz CT molecular complexity index is 920. The number of carbonyl (C=O) groups excluding carboxylic acids is 1. The minimum absolute atomic E-state index is 0.224. The molecule has 128 valence electrons.